The van der Waals surface area contributed by atoms with Gasteiger partial charge in [-0.1, -0.05) is 61.0 Å². The number of ketones is 1. The molecule has 6 heteroatoms. The molecule has 0 heterocycles. The van der Waals surface area contributed by atoms with Crippen molar-refractivity contribution >= 4 is 29.3 Å². The van der Waals surface area contributed by atoms with Crippen molar-refractivity contribution < 1.29 is 23.9 Å². The Hall–Kier alpha value is -2.66. The van der Waals surface area contributed by atoms with Gasteiger partial charge in [0.2, 0.25) is 0 Å². The summed E-state index contributed by atoms with van der Waals surface area (Å²) < 4.78 is 10.0. The number of hydrogen-bond acceptors (Lipinski definition) is 5. The second-order valence-electron chi connectivity index (χ2n) is 6.80. The number of hydrogen-bond donors (Lipinski definition) is 0. The Balaban J connectivity index is 2.26. The molecule has 0 bridgehead atoms. The zero-order chi connectivity index (χ0) is 20.5. The molecule has 3 rings (SSSR count). The van der Waals surface area contributed by atoms with Crippen molar-refractivity contribution in [3.63, 3.8) is 0 Å². The normalized spacial score (nSPS) is 22.2. The molecule has 1 aliphatic rings. The van der Waals surface area contributed by atoms with Gasteiger partial charge in [0.25, 0.3) is 0 Å². The number of ether oxygens (including phenoxy) is 2. The first-order chi connectivity index (χ1) is 13.4. The van der Waals surface area contributed by atoms with E-state index in [-0.39, 0.29) is 12.2 Å². The standard InChI is InChI=1S/C22H21ClO5/c1-4-21(18(24)15-8-6-5-7-9-15)17(14-10-12-16(23)13-11-14)22(21,19(25)27-2)20(26)28-3/h5-13,17H,4H2,1-3H3/t17-,21-/m1/s1. The first kappa shape index (κ1) is 20.1. The van der Waals surface area contributed by atoms with Gasteiger partial charge >= 0.3 is 11.9 Å². The van der Waals surface area contributed by atoms with E-state index in [1.54, 1.807) is 61.5 Å². The van der Waals surface area contributed by atoms with Gasteiger partial charge in [0.15, 0.2) is 11.2 Å². The minimum atomic E-state index is -1.74. The molecule has 146 valence electrons. The molecule has 5 nitrogen and oxygen atoms in total. The van der Waals surface area contributed by atoms with Crippen LogP contribution >= 0.6 is 11.6 Å². The summed E-state index contributed by atoms with van der Waals surface area (Å²) >= 11 is 6.00. The molecule has 0 spiro atoms. The van der Waals surface area contributed by atoms with E-state index < -0.39 is 28.7 Å². The molecule has 0 unspecified atom stereocenters. The number of methoxy groups -OCH3 is 2. The maximum absolute atomic E-state index is 13.6. The van der Waals surface area contributed by atoms with Gasteiger partial charge in [-0.05, 0) is 24.1 Å². The average Bonchev–Trinajstić information content (AvgIpc) is 3.38. The molecule has 2 aromatic rings. The van der Waals surface area contributed by atoms with Crippen molar-refractivity contribution in [3.8, 4) is 0 Å². The van der Waals surface area contributed by atoms with Gasteiger partial charge < -0.3 is 9.47 Å². The Bertz CT molecular complexity index is 890. The van der Waals surface area contributed by atoms with Gasteiger partial charge in [-0.3, -0.25) is 14.4 Å². The Kier molecular flexibility index (Phi) is 5.31. The highest BCUT2D eigenvalue weighted by Gasteiger charge is 2.88. The summed E-state index contributed by atoms with van der Waals surface area (Å²) in [6.45, 7) is 1.79. The third kappa shape index (κ3) is 2.57. The van der Waals surface area contributed by atoms with Gasteiger partial charge in [-0.25, -0.2) is 0 Å². The smallest absolute Gasteiger partial charge is 0.324 e. The molecular weight excluding hydrogens is 380 g/mol. The number of Topliss-reactive ketones (excluding diaryl/α,β-unsaturated/α-hetero) is 1. The lowest BCUT2D eigenvalue weighted by Crippen LogP contribution is -2.37. The molecule has 0 aromatic heterocycles. The molecule has 1 fully saturated rings. The van der Waals surface area contributed by atoms with Gasteiger partial charge in [-0.2, -0.15) is 0 Å². The van der Waals surface area contributed by atoms with Crippen molar-refractivity contribution in [3.05, 3.63) is 70.7 Å². The first-order valence-electron chi connectivity index (χ1n) is 8.93. The second kappa shape index (κ2) is 7.40. The minimum absolute atomic E-state index is 0.262. The quantitative estimate of drug-likeness (QED) is 0.415. The molecular formula is C22H21ClO5. The maximum atomic E-state index is 13.6. The third-order valence-corrected chi connectivity index (χ3v) is 6.02. The summed E-state index contributed by atoms with van der Waals surface area (Å²) in [5.74, 6) is -2.54. The molecule has 0 radical (unpaired) electrons. The number of carbonyl (C=O) groups is 3. The van der Waals surface area contributed by atoms with Crippen LogP contribution in [0.4, 0.5) is 0 Å². The summed E-state index contributed by atoms with van der Waals surface area (Å²) in [7, 11) is 2.41. The Labute approximate surface area is 168 Å². The third-order valence-electron chi connectivity index (χ3n) is 5.76. The Morgan fingerprint density at radius 3 is 1.93 bits per heavy atom. The number of halogens is 1. The fraction of sp³-hybridized carbons (Fsp3) is 0.318. The Morgan fingerprint density at radius 2 is 1.46 bits per heavy atom. The highest BCUT2D eigenvalue weighted by atomic mass is 35.5. The van der Waals surface area contributed by atoms with E-state index in [4.69, 9.17) is 21.1 Å². The number of esters is 2. The highest BCUT2D eigenvalue weighted by molar-refractivity contribution is 6.30. The minimum Gasteiger partial charge on any atom is -0.468 e. The van der Waals surface area contributed by atoms with Gasteiger partial charge in [0.05, 0.1) is 19.6 Å². The topological polar surface area (TPSA) is 69.7 Å². The molecule has 2 aromatic carbocycles. The van der Waals surface area contributed by atoms with Crippen molar-refractivity contribution in [1.29, 1.82) is 0 Å². The summed E-state index contributed by atoms with van der Waals surface area (Å²) in [4.78, 5) is 39.5. The van der Waals surface area contributed by atoms with Crippen LogP contribution in [-0.4, -0.2) is 31.9 Å². The van der Waals surface area contributed by atoms with E-state index in [1.807, 2.05) is 0 Å². The molecule has 0 aliphatic heterocycles. The van der Waals surface area contributed by atoms with E-state index in [0.29, 0.717) is 16.1 Å². The van der Waals surface area contributed by atoms with Crippen LogP contribution in [0, 0.1) is 10.8 Å². The van der Waals surface area contributed by atoms with Gasteiger partial charge in [-0.15, -0.1) is 0 Å². The fourth-order valence-corrected chi connectivity index (χ4v) is 4.66. The average molecular weight is 401 g/mol. The van der Waals surface area contributed by atoms with E-state index in [1.165, 1.54) is 14.2 Å². The lowest BCUT2D eigenvalue weighted by molar-refractivity contribution is -0.163. The monoisotopic (exact) mass is 400 g/mol. The van der Waals surface area contributed by atoms with Crippen LogP contribution in [0.1, 0.15) is 35.2 Å². The summed E-state index contributed by atoms with van der Waals surface area (Å²) in [5.41, 5.74) is -1.96. The van der Waals surface area contributed by atoms with Crippen LogP contribution in [0.25, 0.3) is 0 Å². The van der Waals surface area contributed by atoms with Crippen LogP contribution in [0.5, 0.6) is 0 Å². The van der Waals surface area contributed by atoms with E-state index >= 15 is 0 Å². The van der Waals surface area contributed by atoms with Crippen LogP contribution in [-0.2, 0) is 19.1 Å². The zero-order valence-electron chi connectivity index (χ0n) is 15.9. The van der Waals surface area contributed by atoms with Crippen LogP contribution in [0.3, 0.4) is 0 Å². The van der Waals surface area contributed by atoms with Crippen LogP contribution < -0.4 is 0 Å². The fourth-order valence-electron chi connectivity index (χ4n) is 4.53. The predicted octanol–water partition coefficient (Wildman–Crippen LogP) is 4.05. The number of carbonyl (C=O) groups excluding carboxylic acids is 3. The van der Waals surface area contributed by atoms with E-state index in [9.17, 15) is 14.4 Å². The molecule has 2 atom stereocenters. The molecule has 28 heavy (non-hydrogen) atoms. The van der Waals surface area contributed by atoms with Crippen molar-refractivity contribution in [2.24, 2.45) is 10.8 Å². The number of benzene rings is 2. The largest absolute Gasteiger partial charge is 0.468 e. The zero-order valence-corrected chi connectivity index (χ0v) is 16.7. The van der Waals surface area contributed by atoms with Crippen molar-refractivity contribution in [2.45, 2.75) is 19.3 Å². The summed E-state index contributed by atoms with van der Waals surface area (Å²) in [6.07, 6.45) is 0.262. The molecule has 0 N–H and O–H groups in total. The van der Waals surface area contributed by atoms with Crippen LogP contribution in [0.2, 0.25) is 5.02 Å². The van der Waals surface area contributed by atoms with E-state index in [2.05, 4.69) is 0 Å². The summed E-state index contributed by atoms with van der Waals surface area (Å²) in [5, 5.41) is 0.516. The lowest BCUT2D eigenvalue weighted by Gasteiger charge is -2.20. The summed E-state index contributed by atoms with van der Waals surface area (Å²) in [6, 6.07) is 15.4. The second-order valence-corrected chi connectivity index (χ2v) is 7.23. The maximum Gasteiger partial charge on any atom is 0.324 e. The number of rotatable bonds is 6. The van der Waals surface area contributed by atoms with Crippen LogP contribution in [0.15, 0.2) is 54.6 Å². The van der Waals surface area contributed by atoms with Gasteiger partial charge in [0, 0.05) is 16.5 Å². The van der Waals surface area contributed by atoms with Crippen molar-refractivity contribution in [2.75, 3.05) is 14.2 Å². The van der Waals surface area contributed by atoms with E-state index in [0.717, 1.165) is 0 Å². The molecule has 1 saturated carbocycles. The lowest BCUT2D eigenvalue weighted by atomic mass is 9.83. The molecule has 0 saturated heterocycles. The molecule has 0 amide bonds. The Morgan fingerprint density at radius 1 is 0.929 bits per heavy atom. The highest BCUT2D eigenvalue weighted by Crippen LogP contribution is 2.77. The van der Waals surface area contributed by atoms with Gasteiger partial charge in [0.1, 0.15) is 0 Å². The predicted molar refractivity (Wildman–Crippen MR) is 104 cm³/mol. The SMILES string of the molecule is CC[C@]1(C(=O)c2ccccc2)[C@@H](c2ccc(Cl)cc2)C1(C(=O)OC)C(=O)OC. The first-order valence-corrected chi connectivity index (χ1v) is 9.31. The molecule has 1 aliphatic carbocycles. The van der Waals surface area contributed by atoms with Crippen molar-refractivity contribution in [1.82, 2.24) is 0 Å².